The second-order valence-electron chi connectivity index (χ2n) is 6.33. The van der Waals surface area contributed by atoms with E-state index in [-0.39, 0.29) is 0 Å². The van der Waals surface area contributed by atoms with Crippen LogP contribution in [-0.4, -0.2) is 67.6 Å². The van der Waals surface area contributed by atoms with E-state index in [0.29, 0.717) is 12.0 Å². The molecule has 1 unspecified atom stereocenters. The fraction of sp³-hybridized carbons (Fsp3) is 0.938. The monoisotopic (exact) mass is 295 g/mol. The molecule has 0 spiro atoms. The molecule has 0 aromatic heterocycles. The molecule has 3 N–H and O–H groups in total. The second-order valence-corrected chi connectivity index (χ2v) is 6.33. The van der Waals surface area contributed by atoms with Gasteiger partial charge in [0, 0.05) is 12.6 Å². The fourth-order valence-electron chi connectivity index (χ4n) is 3.46. The standard InChI is InChI=1S/C16H33N5/c1-2-21-13-7-8-15(21)14-19-16(17)18-9-3-4-10-20-11-5-6-12-20/h15H,2-14H2,1H3,(H3,17,18,19). The van der Waals surface area contributed by atoms with Crippen LogP contribution in [0.5, 0.6) is 0 Å². The van der Waals surface area contributed by atoms with Crippen molar-refractivity contribution in [3.63, 3.8) is 0 Å². The molecule has 2 aliphatic rings. The number of nitrogens with two attached hydrogens (primary N) is 1. The highest BCUT2D eigenvalue weighted by molar-refractivity contribution is 5.77. The molecule has 0 bridgehead atoms. The van der Waals surface area contributed by atoms with Gasteiger partial charge in [-0.2, -0.15) is 0 Å². The van der Waals surface area contributed by atoms with Gasteiger partial charge < -0.3 is 16.0 Å². The van der Waals surface area contributed by atoms with Crippen LogP contribution in [0.4, 0.5) is 0 Å². The molecule has 1 atom stereocenters. The number of hydrogen-bond donors (Lipinski definition) is 2. The van der Waals surface area contributed by atoms with Gasteiger partial charge in [0.1, 0.15) is 0 Å². The molecule has 2 heterocycles. The second kappa shape index (κ2) is 9.26. The van der Waals surface area contributed by atoms with Gasteiger partial charge in [0.2, 0.25) is 0 Å². The van der Waals surface area contributed by atoms with E-state index in [1.165, 1.54) is 64.7 Å². The molecule has 2 saturated heterocycles. The summed E-state index contributed by atoms with van der Waals surface area (Å²) in [5.41, 5.74) is 5.95. The Kier molecular flexibility index (Phi) is 7.30. The Balaban J connectivity index is 1.52. The maximum Gasteiger partial charge on any atom is 0.188 e. The first-order valence-electron chi connectivity index (χ1n) is 8.80. The third-order valence-corrected chi connectivity index (χ3v) is 4.78. The maximum atomic E-state index is 5.95. The van der Waals surface area contributed by atoms with Gasteiger partial charge in [0.15, 0.2) is 5.96 Å². The predicted molar refractivity (Wildman–Crippen MR) is 89.7 cm³/mol. The fourth-order valence-corrected chi connectivity index (χ4v) is 3.46. The van der Waals surface area contributed by atoms with Gasteiger partial charge in [-0.1, -0.05) is 6.92 Å². The largest absolute Gasteiger partial charge is 0.370 e. The number of likely N-dealkylation sites (N-methyl/N-ethyl adjacent to an activating group) is 1. The summed E-state index contributed by atoms with van der Waals surface area (Å²) >= 11 is 0. The van der Waals surface area contributed by atoms with E-state index in [4.69, 9.17) is 5.73 Å². The van der Waals surface area contributed by atoms with Crippen molar-refractivity contribution in [3.8, 4) is 0 Å². The van der Waals surface area contributed by atoms with Crippen molar-refractivity contribution >= 4 is 5.96 Å². The highest BCUT2D eigenvalue weighted by Crippen LogP contribution is 2.16. The van der Waals surface area contributed by atoms with E-state index in [9.17, 15) is 0 Å². The van der Waals surface area contributed by atoms with Crippen LogP contribution in [0.25, 0.3) is 0 Å². The van der Waals surface area contributed by atoms with Gasteiger partial charge in [0.25, 0.3) is 0 Å². The van der Waals surface area contributed by atoms with Crippen LogP contribution in [0, 0.1) is 0 Å². The lowest BCUT2D eigenvalue weighted by Gasteiger charge is -2.21. The minimum atomic E-state index is 0.602. The highest BCUT2D eigenvalue weighted by Gasteiger charge is 2.22. The molecule has 0 radical (unpaired) electrons. The lowest BCUT2D eigenvalue weighted by atomic mass is 10.2. The Morgan fingerprint density at radius 2 is 2.00 bits per heavy atom. The van der Waals surface area contributed by atoms with Gasteiger partial charge in [-0.05, 0) is 71.2 Å². The summed E-state index contributed by atoms with van der Waals surface area (Å²) in [6.45, 7) is 10.2. The van der Waals surface area contributed by atoms with Crippen LogP contribution in [0.1, 0.15) is 45.4 Å². The summed E-state index contributed by atoms with van der Waals surface area (Å²) in [6.07, 6.45) is 7.77. The van der Waals surface area contributed by atoms with Crippen LogP contribution in [0.2, 0.25) is 0 Å². The average molecular weight is 295 g/mol. The van der Waals surface area contributed by atoms with Crippen molar-refractivity contribution in [2.75, 3.05) is 45.8 Å². The van der Waals surface area contributed by atoms with Crippen molar-refractivity contribution in [3.05, 3.63) is 0 Å². The summed E-state index contributed by atoms with van der Waals surface area (Å²) in [7, 11) is 0. The summed E-state index contributed by atoms with van der Waals surface area (Å²) in [5.74, 6) is 0.624. The Hall–Kier alpha value is -0.810. The molecule has 5 heteroatoms. The first kappa shape index (κ1) is 16.6. The minimum Gasteiger partial charge on any atom is -0.370 e. The molecular weight excluding hydrogens is 262 g/mol. The Morgan fingerprint density at radius 1 is 1.19 bits per heavy atom. The average Bonchev–Trinajstić information content (AvgIpc) is 3.15. The molecule has 122 valence electrons. The first-order chi connectivity index (χ1) is 10.3. The molecule has 0 aromatic rings. The van der Waals surface area contributed by atoms with Gasteiger partial charge in [-0.15, -0.1) is 0 Å². The third kappa shape index (κ3) is 5.83. The smallest absolute Gasteiger partial charge is 0.188 e. The Labute approximate surface area is 130 Å². The van der Waals surface area contributed by atoms with Crippen LogP contribution < -0.4 is 11.1 Å². The molecule has 2 rings (SSSR count). The molecule has 0 aromatic carbocycles. The van der Waals surface area contributed by atoms with E-state index in [1.807, 2.05) is 0 Å². The topological polar surface area (TPSA) is 56.9 Å². The highest BCUT2D eigenvalue weighted by atomic mass is 15.2. The number of likely N-dealkylation sites (tertiary alicyclic amines) is 2. The summed E-state index contributed by atoms with van der Waals surface area (Å²) in [6, 6.07) is 0.602. The lowest BCUT2D eigenvalue weighted by Crippen LogP contribution is -2.36. The Morgan fingerprint density at radius 3 is 2.76 bits per heavy atom. The zero-order valence-electron chi connectivity index (χ0n) is 13.7. The minimum absolute atomic E-state index is 0.602. The van der Waals surface area contributed by atoms with E-state index >= 15 is 0 Å². The number of hydrogen-bond acceptors (Lipinski definition) is 3. The van der Waals surface area contributed by atoms with Crippen molar-refractivity contribution in [1.82, 2.24) is 15.1 Å². The van der Waals surface area contributed by atoms with E-state index in [1.54, 1.807) is 0 Å². The zero-order chi connectivity index (χ0) is 14.9. The van der Waals surface area contributed by atoms with Crippen molar-refractivity contribution < 1.29 is 0 Å². The van der Waals surface area contributed by atoms with E-state index in [2.05, 4.69) is 27.0 Å². The van der Waals surface area contributed by atoms with Gasteiger partial charge in [-0.25, -0.2) is 0 Å². The zero-order valence-corrected chi connectivity index (χ0v) is 13.7. The number of nitrogens with one attached hydrogen (secondary N) is 1. The van der Waals surface area contributed by atoms with E-state index < -0.39 is 0 Å². The maximum absolute atomic E-state index is 5.95. The molecule has 21 heavy (non-hydrogen) atoms. The number of nitrogens with zero attached hydrogens (tertiary/aromatic N) is 3. The van der Waals surface area contributed by atoms with Gasteiger partial charge in [-0.3, -0.25) is 9.89 Å². The molecule has 0 aliphatic carbocycles. The normalized spacial score (nSPS) is 24.8. The molecule has 0 amide bonds. The lowest BCUT2D eigenvalue weighted by molar-refractivity contribution is 0.273. The van der Waals surface area contributed by atoms with Crippen molar-refractivity contribution in [2.45, 2.75) is 51.5 Å². The number of rotatable bonds is 8. The quantitative estimate of drug-likeness (QED) is 0.402. The SMILES string of the molecule is CCN1CCCC1CN=C(N)NCCCCN1CCCC1. The van der Waals surface area contributed by atoms with Crippen LogP contribution in [-0.2, 0) is 0 Å². The summed E-state index contributed by atoms with van der Waals surface area (Å²) in [4.78, 5) is 9.58. The molecule has 0 saturated carbocycles. The van der Waals surface area contributed by atoms with Crippen LogP contribution in [0.15, 0.2) is 4.99 Å². The van der Waals surface area contributed by atoms with Crippen molar-refractivity contribution in [1.29, 1.82) is 0 Å². The van der Waals surface area contributed by atoms with Crippen LogP contribution in [0.3, 0.4) is 0 Å². The Bertz CT molecular complexity index is 312. The van der Waals surface area contributed by atoms with Crippen molar-refractivity contribution in [2.24, 2.45) is 10.7 Å². The number of aliphatic imine (C=N–C) groups is 1. The summed E-state index contributed by atoms with van der Waals surface area (Å²) in [5, 5.41) is 3.26. The van der Waals surface area contributed by atoms with E-state index in [0.717, 1.165) is 19.6 Å². The first-order valence-corrected chi connectivity index (χ1v) is 8.80. The molecule has 2 aliphatic heterocycles. The van der Waals surface area contributed by atoms with Crippen LogP contribution >= 0.6 is 0 Å². The molecule has 5 nitrogen and oxygen atoms in total. The number of unbranched alkanes of at least 4 members (excludes halogenated alkanes) is 1. The van der Waals surface area contributed by atoms with Gasteiger partial charge in [0.05, 0.1) is 6.54 Å². The molecule has 2 fully saturated rings. The molecular formula is C16H33N5. The van der Waals surface area contributed by atoms with Gasteiger partial charge >= 0.3 is 0 Å². The summed E-state index contributed by atoms with van der Waals surface area (Å²) < 4.78 is 0. The third-order valence-electron chi connectivity index (χ3n) is 4.78. The number of guanidine groups is 1. The predicted octanol–water partition coefficient (Wildman–Crippen LogP) is 1.25.